The van der Waals surface area contributed by atoms with Crippen molar-refractivity contribution in [2.75, 3.05) is 5.32 Å². The maximum absolute atomic E-state index is 12.3. The van der Waals surface area contributed by atoms with Crippen LogP contribution in [0.2, 0.25) is 0 Å². The number of thiazole rings is 1. The summed E-state index contributed by atoms with van der Waals surface area (Å²) >= 11 is 1.22. The van der Waals surface area contributed by atoms with Crippen LogP contribution in [0.3, 0.4) is 0 Å². The third-order valence-electron chi connectivity index (χ3n) is 3.76. The number of H-pyrrole nitrogens is 1. The molecule has 0 aliphatic carbocycles. The lowest BCUT2D eigenvalue weighted by Gasteiger charge is -2.01. The predicted molar refractivity (Wildman–Crippen MR) is 99.0 cm³/mol. The molecule has 0 atom stereocenters. The van der Waals surface area contributed by atoms with Gasteiger partial charge in [-0.05, 0) is 24.3 Å². The number of hydrogen-bond donors (Lipinski definition) is 2. The van der Waals surface area contributed by atoms with Crippen molar-refractivity contribution in [1.82, 2.24) is 9.97 Å². The maximum atomic E-state index is 12.3. The fourth-order valence-corrected chi connectivity index (χ4v) is 3.22. The van der Waals surface area contributed by atoms with Crippen LogP contribution in [0, 0.1) is 10.1 Å². The van der Waals surface area contributed by atoms with Crippen molar-refractivity contribution in [3.8, 4) is 11.3 Å². The van der Waals surface area contributed by atoms with Gasteiger partial charge in [-0.2, -0.15) is 0 Å². The summed E-state index contributed by atoms with van der Waals surface area (Å²) < 4.78 is 4.96. The Morgan fingerprint density at radius 3 is 2.93 bits per heavy atom. The summed E-state index contributed by atoms with van der Waals surface area (Å²) in [6.45, 7) is 0. The number of nitrogens with one attached hydrogen (secondary N) is 2. The van der Waals surface area contributed by atoms with Gasteiger partial charge >= 0.3 is 5.76 Å². The summed E-state index contributed by atoms with van der Waals surface area (Å²) in [5.74, 6) is -1.03. The van der Waals surface area contributed by atoms with E-state index in [1.807, 2.05) is 0 Å². The summed E-state index contributed by atoms with van der Waals surface area (Å²) in [6, 6.07) is 10.6. The van der Waals surface area contributed by atoms with E-state index in [-0.39, 0.29) is 11.3 Å². The number of oxazole rings is 1. The molecule has 0 spiro atoms. The van der Waals surface area contributed by atoms with Gasteiger partial charge in [0.05, 0.1) is 16.1 Å². The molecule has 0 bridgehead atoms. The number of benzene rings is 2. The van der Waals surface area contributed by atoms with Gasteiger partial charge in [0.25, 0.3) is 11.6 Å². The molecule has 0 unspecified atom stereocenters. The minimum atomic E-state index is -0.561. The average Bonchev–Trinajstić information content (AvgIpc) is 3.26. The lowest BCUT2D eigenvalue weighted by atomic mass is 10.1. The number of nitrogens with zero attached hydrogens (tertiary/aromatic N) is 2. The summed E-state index contributed by atoms with van der Waals surface area (Å²) in [5, 5.41) is 15.6. The van der Waals surface area contributed by atoms with E-state index in [9.17, 15) is 19.7 Å². The number of carbonyl (C=O) groups excluding carboxylic acids is 1. The van der Waals surface area contributed by atoms with E-state index in [1.54, 1.807) is 23.6 Å². The van der Waals surface area contributed by atoms with Gasteiger partial charge in [-0.3, -0.25) is 25.2 Å². The Morgan fingerprint density at radius 1 is 1.26 bits per heavy atom. The monoisotopic (exact) mass is 382 g/mol. The first-order chi connectivity index (χ1) is 13.0. The molecule has 0 saturated carbocycles. The smallest absolute Gasteiger partial charge is 0.408 e. The zero-order valence-electron chi connectivity index (χ0n) is 13.5. The van der Waals surface area contributed by atoms with Crippen LogP contribution in [-0.4, -0.2) is 20.8 Å². The highest BCUT2D eigenvalue weighted by Crippen LogP contribution is 2.27. The van der Waals surface area contributed by atoms with Crippen LogP contribution in [0.5, 0.6) is 0 Å². The maximum Gasteiger partial charge on any atom is 0.417 e. The zero-order valence-corrected chi connectivity index (χ0v) is 14.3. The van der Waals surface area contributed by atoms with Gasteiger partial charge in [-0.1, -0.05) is 6.07 Å². The molecule has 10 heteroatoms. The molecule has 2 N–H and O–H groups in total. The number of nitro benzene ring substituents is 1. The van der Waals surface area contributed by atoms with Crippen molar-refractivity contribution in [1.29, 1.82) is 0 Å². The Kier molecular flexibility index (Phi) is 4.01. The fourth-order valence-electron chi connectivity index (χ4n) is 2.51. The number of rotatable bonds is 4. The first-order valence-corrected chi connectivity index (χ1v) is 8.52. The Morgan fingerprint density at radius 2 is 2.11 bits per heavy atom. The number of carbonyl (C=O) groups is 1. The molecular weight excluding hydrogens is 372 g/mol. The third kappa shape index (κ3) is 3.33. The minimum absolute atomic E-state index is 0.162. The highest BCUT2D eigenvalue weighted by atomic mass is 32.1. The quantitative estimate of drug-likeness (QED) is 0.411. The largest absolute Gasteiger partial charge is 0.417 e. The van der Waals surface area contributed by atoms with Crippen molar-refractivity contribution in [3.05, 3.63) is 74.1 Å². The molecule has 1 amide bonds. The molecular formula is C17H10N4O5S. The molecule has 0 aliphatic heterocycles. The number of nitro groups is 1. The first-order valence-electron chi connectivity index (χ1n) is 7.64. The second-order valence-corrected chi connectivity index (χ2v) is 6.38. The number of amides is 1. The second-order valence-electron chi connectivity index (χ2n) is 5.52. The Balaban J connectivity index is 1.56. The van der Waals surface area contributed by atoms with Crippen molar-refractivity contribution >= 4 is 39.2 Å². The number of anilines is 1. The fraction of sp³-hybridized carbons (Fsp3) is 0. The van der Waals surface area contributed by atoms with Crippen LogP contribution in [0.15, 0.2) is 57.1 Å². The SMILES string of the molecule is O=C(Nc1nc(-c2ccc3oc(=O)[nH]c3c2)cs1)c1cccc([N+](=O)[O-])c1. The summed E-state index contributed by atoms with van der Waals surface area (Å²) in [4.78, 5) is 40.7. The van der Waals surface area contributed by atoms with Crippen LogP contribution in [-0.2, 0) is 0 Å². The van der Waals surface area contributed by atoms with Crippen molar-refractivity contribution in [3.63, 3.8) is 0 Å². The highest BCUT2D eigenvalue weighted by Gasteiger charge is 2.14. The summed E-state index contributed by atoms with van der Waals surface area (Å²) in [7, 11) is 0. The molecule has 4 rings (SSSR count). The molecule has 9 nitrogen and oxygen atoms in total. The normalized spacial score (nSPS) is 10.8. The highest BCUT2D eigenvalue weighted by molar-refractivity contribution is 7.14. The standard InChI is InChI=1S/C17H10N4O5S/c22-15(10-2-1-3-11(6-10)21(24)25)20-16-18-13(8-27-16)9-4-5-14-12(7-9)19-17(23)26-14/h1-8H,(H,19,23)(H,18,20,22). The summed E-state index contributed by atoms with van der Waals surface area (Å²) in [5.41, 5.74) is 2.35. The van der Waals surface area contributed by atoms with Crippen LogP contribution < -0.4 is 11.1 Å². The predicted octanol–water partition coefficient (Wildman–Crippen LogP) is 3.41. The number of aromatic nitrogens is 2. The minimum Gasteiger partial charge on any atom is -0.408 e. The lowest BCUT2D eigenvalue weighted by Crippen LogP contribution is -2.11. The Labute approximate surface area is 154 Å². The van der Waals surface area contributed by atoms with Crippen molar-refractivity contribution in [2.45, 2.75) is 0 Å². The van der Waals surface area contributed by atoms with Gasteiger partial charge < -0.3 is 4.42 Å². The van der Waals surface area contributed by atoms with Crippen LogP contribution in [0.1, 0.15) is 10.4 Å². The molecule has 2 heterocycles. The van der Waals surface area contributed by atoms with Crippen molar-refractivity contribution < 1.29 is 14.1 Å². The molecule has 4 aromatic rings. The molecule has 0 saturated heterocycles. The van der Waals surface area contributed by atoms with Crippen LogP contribution in [0.4, 0.5) is 10.8 Å². The molecule has 2 aromatic heterocycles. The molecule has 27 heavy (non-hydrogen) atoms. The van der Waals surface area contributed by atoms with Gasteiger partial charge in [-0.25, -0.2) is 9.78 Å². The first kappa shape index (κ1) is 16.7. The number of hydrogen-bond acceptors (Lipinski definition) is 7. The third-order valence-corrected chi connectivity index (χ3v) is 4.52. The van der Waals surface area contributed by atoms with Gasteiger partial charge in [0.2, 0.25) is 0 Å². The molecule has 0 aliphatic rings. The number of aromatic amines is 1. The van der Waals surface area contributed by atoms with E-state index in [4.69, 9.17) is 4.42 Å². The number of non-ortho nitro benzene ring substituents is 1. The molecule has 134 valence electrons. The number of fused-ring (bicyclic) bond motifs is 1. The van der Waals surface area contributed by atoms with E-state index >= 15 is 0 Å². The lowest BCUT2D eigenvalue weighted by molar-refractivity contribution is -0.384. The Hall–Kier alpha value is -3.79. The van der Waals surface area contributed by atoms with E-state index in [2.05, 4.69) is 15.3 Å². The van der Waals surface area contributed by atoms with Gasteiger partial charge in [0, 0.05) is 28.6 Å². The van der Waals surface area contributed by atoms with Crippen LogP contribution in [0.25, 0.3) is 22.4 Å². The topological polar surface area (TPSA) is 131 Å². The van der Waals surface area contributed by atoms with Gasteiger partial charge in [0.15, 0.2) is 10.7 Å². The molecule has 0 radical (unpaired) electrons. The zero-order chi connectivity index (χ0) is 19.0. The van der Waals surface area contributed by atoms with Gasteiger partial charge in [-0.15, -0.1) is 11.3 Å². The molecule has 0 fully saturated rings. The van der Waals surface area contributed by atoms with E-state index in [0.717, 1.165) is 5.56 Å². The molecule has 2 aromatic carbocycles. The average molecular weight is 382 g/mol. The van der Waals surface area contributed by atoms with Crippen LogP contribution >= 0.6 is 11.3 Å². The van der Waals surface area contributed by atoms with E-state index in [1.165, 1.54) is 35.6 Å². The van der Waals surface area contributed by atoms with E-state index < -0.39 is 16.6 Å². The van der Waals surface area contributed by atoms with Crippen molar-refractivity contribution in [2.24, 2.45) is 0 Å². The second kappa shape index (κ2) is 6.50. The Bertz CT molecular complexity index is 1240. The van der Waals surface area contributed by atoms with Gasteiger partial charge in [0.1, 0.15) is 0 Å². The summed E-state index contributed by atoms with van der Waals surface area (Å²) in [6.07, 6.45) is 0. The van der Waals surface area contributed by atoms with E-state index in [0.29, 0.717) is 21.9 Å².